The Kier molecular flexibility index (Phi) is 5.28. The summed E-state index contributed by atoms with van der Waals surface area (Å²) in [6.45, 7) is 5.83. The highest BCUT2D eigenvalue weighted by atomic mass is 16.1. The predicted octanol–water partition coefficient (Wildman–Crippen LogP) is 2.52. The summed E-state index contributed by atoms with van der Waals surface area (Å²) in [5.41, 5.74) is 1.82. The molecular formula is C16H23NO2. The molecule has 1 aromatic carbocycles. The van der Waals surface area contributed by atoms with Crippen molar-refractivity contribution in [2.45, 2.75) is 40.0 Å². The molecule has 0 aliphatic heterocycles. The monoisotopic (exact) mass is 261 g/mol. The number of carbonyl (C=O) groups is 2. The maximum Gasteiger partial charge on any atom is 0.224 e. The fraction of sp³-hybridized carbons (Fsp3) is 0.500. The second kappa shape index (κ2) is 6.50. The van der Waals surface area contributed by atoms with Gasteiger partial charge in [-0.25, -0.2) is 0 Å². The van der Waals surface area contributed by atoms with Crippen molar-refractivity contribution in [3.8, 4) is 0 Å². The van der Waals surface area contributed by atoms with E-state index < -0.39 is 0 Å². The van der Waals surface area contributed by atoms with Crippen molar-refractivity contribution in [3.63, 3.8) is 0 Å². The van der Waals surface area contributed by atoms with E-state index in [4.69, 9.17) is 0 Å². The lowest BCUT2D eigenvalue weighted by molar-refractivity contribution is -0.126. The molecule has 0 unspecified atom stereocenters. The van der Waals surface area contributed by atoms with Crippen LogP contribution in [0, 0.1) is 5.41 Å². The normalized spacial score (nSPS) is 11.2. The van der Waals surface area contributed by atoms with E-state index in [0.717, 1.165) is 17.5 Å². The van der Waals surface area contributed by atoms with Crippen LogP contribution in [0.2, 0.25) is 0 Å². The van der Waals surface area contributed by atoms with Crippen LogP contribution in [0.5, 0.6) is 0 Å². The Morgan fingerprint density at radius 3 is 2.37 bits per heavy atom. The van der Waals surface area contributed by atoms with Gasteiger partial charge in [0.25, 0.3) is 0 Å². The molecule has 0 spiro atoms. The Bertz CT molecular complexity index is 458. The number of rotatable bonds is 5. The van der Waals surface area contributed by atoms with Gasteiger partial charge in [-0.05, 0) is 17.5 Å². The molecule has 1 rings (SSSR count). The van der Waals surface area contributed by atoms with Gasteiger partial charge in [0, 0.05) is 18.9 Å². The van der Waals surface area contributed by atoms with Crippen LogP contribution in [0.3, 0.4) is 0 Å². The van der Waals surface area contributed by atoms with Gasteiger partial charge in [0.2, 0.25) is 5.91 Å². The molecule has 0 atom stereocenters. The molecule has 1 amide bonds. The third kappa shape index (κ3) is 5.25. The van der Waals surface area contributed by atoms with Crippen LogP contribution in [-0.4, -0.2) is 18.7 Å². The lowest BCUT2D eigenvalue weighted by atomic mass is 9.87. The third-order valence-electron chi connectivity index (χ3n) is 3.11. The zero-order chi connectivity index (χ0) is 14.5. The van der Waals surface area contributed by atoms with E-state index in [1.807, 2.05) is 45.0 Å². The molecule has 0 heterocycles. The van der Waals surface area contributed by atoms with Gasteiger partial charge in [-0.3, -0.25) is 9.59 Å². The number of ketones is 1. The van der Waals surface area contributed by atoms with E-state index in [1.165, 1.54) is 0 Å². The minimum absolute atomic E-state index is 0.00270. The number of carbonyl (C=O) groups excluding carboxylic acids is 2. The standard InChI is InChI=1S/C16H23NO2/c1-16(2,3)14(18)9-8-12-6-5-7-13(10-12)11-15(19)17-4/h5-7,10H,8-9,11H2,1-4H3,(H,17,19). The number of likely N-dealkylation sites (N-methyl/N-ethyl adjacent to an activating group) is 1. The van der Waals surface area contributed by atoms with E-state index in [9.17, 15) is 9.59 Å². The van der Waals surface area contributed by atoms with Crippen molar-refractivity contribution in [1.82, 2.24) is 5.32 Å². The molecule has 1 aromatic rings. The Balaban J connectivity index is 2.63. The summed E-state index contributed by atoms with van der Waals surface area (Å²) in [6, 6.07) is 7.88. The molecule has 0 bridgehead atoms. The fourth-order valence-corrected chi connectivity index (χ4v) is 1.80. The van der Waals surface area contributed by atoms with Crippen LogP contribution < -0.4 is 5.32 Å². The molecule has 0 aliphatic carbocycles. The summed E-state index contributed by atoms with van der Waals surface area (Å²) < 4.78 is 0. The second-order valence-corrected chi connectivity index (χ2v) is 5.84. The van der Waals surface area contributed by atoms with E-state index in [1.54, 1.807) is 7.05 Å². The highest BCUT2D eigenvalue weighted by molar-refractivity contribution is 5.83. The maximum atomic E-state index is 11.9. The summed E-state index contributed by atoms with van der Waals surface area (Å²) in [5.74, 6) is 0.270. The smallest absolute Gasteiger partial charge is 0.224 e. The number of aryl methyl sites for hydroxylation is 1. The predicted molar refractivity (Wildman–Crippen MR) is 77.0 cm³/mol. The summed E-state index contributed by atoms with van der Waals surface area (Å²) in [4.78, 5) is 23.2. The topological polar surface area (TPSA) is 46.2 Å². The number of hydrogen-bond donors (Lipinski definition) is 1. The molecule has 0 fully saturated rings. The molecule has 3 heteroatoms. The largest absolute Gasteiger partial charge is 0.359 e. The third-order valence-corrected chi connectivity index (χ3v) is 3.11. The first-order valence-electron chi connectivity index (χ1n) is 6.64. The fourth-order valence-electron chi connectivity index (χ4n) is 1.80. The van der Waals surface area contributed by atoms with Crippen LogP contribution in [0.15, 0.2) is 24.3 Å². The number of hydrogen-bond acceptors (Lipinski definition) is 2. The molecule has 104 valence electrons. The zero-order valence-electron chi connectivity index (χ0n) is 12.2. The van der Waals surface area contributed by atoms with Crippen molar-refractivity contribution in [1.29, 1.82) is 0 Å². The molecule has 1 N–H and O–H groups in total. The minimum atomic E-state index is -0.278. The van der Waals surface area contributed by atoms with E-state index in [0.29, 0.717) is 12.8 Å². The first kappa shape index (κ1) is 15.4. The van der Waals surface area contributed by atoms with Gasteiger partial charge in [0.15, 0.2) is 0 Å². The molecule has 0 aliphatic rings. The van der Waals surface area contributed by atoms with E-state index in [2.05, 4.69) is 5.32 Å². The van der Waals surface area contributed by atoms with Crippen molar-refractivity contribution >= 4 is 11.7 Å². The average molecular weight is 261 g/mol. The Morgan fingerprint density at radius 1 is 1.16 bits per heavy atom. The molecule has 0 saturated heterocycles. The van der Waals surface area contributed by atoms with Gasteiger partial charge in [-0.15, -0.1) is 0 Å². The molecule has 0 radical (unpaired) electrons. The first-order chi connectivity index (χ1) is 8.82. The van der Waals surface area contributed by atoms with Crippen LogP contribution in [0.4, 0.5) is 0 Å². The van der Waals surface area contributed by atoms with Gasteiger partial charge < -0.3 is 5.32 Å². The molecule has 0 aromatic heterocycles. The lowest BCUT2D eigenvalue weighted by Crippen LogP contribution is -2.20. The van der Waals surface area contributed by atoms with Crippen LogP contribution >= 0.6 is 0 Å². The average Bonchev–Trinajstić information content (AvgIpc) is 2.35. The molecule has 19 heavy (non-hydrogen) atoms. The summed E-state index contributed by atoms with van der Waals surface area (Å²) in [6.07, 6.45) is 1.67. The number of nitrogens with one attached hydrogen (secondary N) is 1. The number of amides is 1. The summed E-state index contributed by atoms with van der Waals surface area (Å²) >= 11 is 0. The van der Waals surface area contributed by atoms with Gasteiger partial charge >= 0.3 is 0 Å². The second-order valence-electron chi connectivity index (χ2n) is 5.84. The number of Topliss-reactive ketones (excluding diaryl/α,β-unsaturated/α-hetero) is 1. The lowest BCUT2D eigenvalue weighted by Gasteiger charge is -2.16. The van der Waals surface area contributed by atoms with Crippen molar-refractivity contribution in [2.24, 2.45) is 5.41 Å². The van der Waals surface area contributed by atoms with Crippen LogP contribution in [-0.2, 0) is 22.4 Å². The van der Waals surface area contributed by atoms with Crippen molar-refractivity contribution in [3.05, 3.63) is 35.4 Å². The Labute approximate surface area is 115 Å². The van der Waals surface area contributed by atoms with Gasteiger partial charge in [0.1, 0.15) is 5.78 Å². The minimum Gasteiger partial charge on any atom is -0.359 e. The summed E-state index contributed by atoms with van der Waals surface area (Å²) in [5, 5.41) is 2.61. The Morgan fingerprint density at radius 2 is 1.79 bits per heavy atom. The SMILES string of the molecule is CNC(=O)Cc1cccc(CCC(=O)C(C)(C)C)c1. The highest BCUT2D eigenvalue weighted by Gasteiger charge is 2.20. The number of benzene rings is 1. The molecule has 3 nitrogen and oxygen atoms in total. The quantitative estimate of drug-likeness (QED) is 0.885. The summed E-state index contributed by atoms with van der Waals surface area (Å²) in [7, 11) is 1.63. The van der Waals surface area contributed by atoms with E-state index in [-0.39, 0.29) is 17.1 Å². The van der Waals surface area contributed by atoms with Crippen molar-refractivity contribution < 1.29 is 9.59 Å². The molecular weight excluding hydrogens is 238 g/mol. The Hall–Kier alpha value is -1.64. The zero-order valence-corrected chi connectivity index (χ0v) is 12.2. The van der Waals surface area contributed by atoms with Crippen molar-refractivity contribution in [2.75, 3.05) is 7.05 Å². The van der Waals surface area contributed by atoms with Crippen LogP contribution in [0.1, 0.15) is 38.3 Å². The van der Waals surface area contributed by atoms with Gasteiger partial charge in [-0.1, -0.05) is 45.0 Å². The first-order valence-corrected chi connectivity index (χ1v) is 6.64. The van der Waals surface area contributed by atoms with Gasteiger partial charge in [-0.2, -0.15) is 0 Å². The van der Waals surface area contributed by atoms with Crippen LogP contribution in [0.25, 0.3) is 0 Å². The van der Waals surface area contributed by atoms with E-state index >= 15 is 0 Å². The highest BCUT2D eigenvalue weighted by Crippen LogP contribution is 2.18. The van der Waals surface area contributed by atoms with Gasteiger partial charge in [0.05, 0.1) is 6.42 Å². The maximum absolute atomic E-state index is 11.9. The molecule has 0 saturated carbocycles.